The molecule has 1 aromatic carbocycles. The second-order valence-electron chi connectivity index (χ2n) is 8.18. The number of rotatable bonds is 9. The molecule has 1 saturated heterocycles. The van der Waals surface area contributed by atoms with E-state index in [9.17, 15) is 10.1 Å². The Balaban J connectivity index is 1.52. The quantitative estimate of drug-likeness (QED) is 0.655. The van der Waals surface area contributed by atoms with Gasteiger partial charge in [-0.25, -0.2) is 0 Å². The van der Waals surface area contributed by atoms with Crippen molar-refractivity contribution in [1.82, 2.24) is 15.1 Å². The van der Waals surface area contributed by atoms with Crippen LogP contribution < -0.4 is 19.5 Å². The van der Waals surface area contributed by atoms with E-state index in [2.05, 4.69) is 21.2 Å². The lowest BCUT2D eigenvalue weighted by Crippen LogP contribution is -2.53. The van der Waals surface area contributed by atoms with E-state index in [-0.39, 0.29) is 5.91 Å². The molecule has 2 aliphatic rings. The summed E-state index contributed by atoms with van der Waals surface area (Å²) < 4.78 is 16.4. The maximum absolute atomic E-state index is 12.4. The maximum Gasteiger partial charge on any atom is 0.235 e. The Morgan fingerprint density at radius 2 is 1.73 bits per heavy atom. The fourth-order valence-corrected chi connectivity index (χ4v) is 4.05. The zero-order valence-corrected chi connectivity index (χ0v) is 18.4. The average molecular weight is 417 g/mol. The summed E-state index contributed by atoms with van der Waals surface area (Å²) in [4.78, 5) is 16.9. The Labute approximate surface area is 178 Å². The summed E-state index contributed by atoms with van der Waals surface area (Å²) in [5.41, 5.74) is 0.304. The van der Waals surface area contributed by atoms with Crippen molar-refractivity contribution in [2.75, 3.05) is 54.1 Å². The van der Waals surface area contributed by atoms with Gasteiger partial charge in [0.25, 0.3) is 0 Å². The summed E-state index contributed by atoms with van der Waals surface area (Å²) >= 11 is 0. The molecule has 1 N–H and O–H groups in total. The maximum atomic E-state index is 12.4. The summed E-state index contributed by atoms with van der Waals surface area (Å²) in [6.45, 7) is 6.20. The Bertz CT molecular complexity index is 797. The van der Waals surface area contributed by atoms with Crippen molar-refractivity contribution in [3.63, 3.8) is 0 Å². The van der Waals surface area contributed by atoms with Gasteiger partial charge in [-0.1, -0.05) is 6.07 Å². The number of carbonyl (C=O) groups excluding carboxylic acids is 1. The normalized spacial score (nSPS) is 19.4. The number of carbonyl (C=O) groups is 1. The lowest BCUT2D eigenvalue weighted by atomic mass is 9.98. The fraction of sp³-hybridized carbons (Fsp3) is 0.636. The van der Waals surface area contributed by atoms with Crippen LogP contribution in [0.25, 0.3) is 0 Å². The molecule has 30 heavy (non-hydrogen) atoms. The van der Waals surface area contributed by atoms with E-state index in [1.807, 2.05) is 19.1 Å². The molecule has 2 fully saturated rings. The minimum Gasteiger partial charge on any atom is -0.493 e. The minimum atomic E-state index is -0.733. The summed E-state index contributed by atoms with van der Waals surface area (Å²) in [7, 11) is 4.85. The van der Waals surface area contributed by atoms with Crippen LogP contribution in [0, 0.1) is 17.2 Å². The van der Waals surface area contributed by atoms with Crippen molar-refractivity contribution in [2.45, 2.75) is 31.8 Å². The molecule has 1 amide bonds. The number of hydrogen-bond acceptors (Lipinski definition) is 7. The molecule has 8 heteroatoms. The summed E-state index contributed by atoms with van der Waals surface area (Å²) in [6.07, 6.45) is 2.03. The van der Waals surface area contributed by atoms with Gasteiger partial charge in [0.1, 0.15) is 5.54 Å². The van der Waals surface area contributed by atoms with Crippen molar-refractivity contribution >= 4 is 5.91 Å². The average Bonchev–Trinajstić information content (AvgIpc) is 3.60. The van der Waals surface area contributed by atoms with Crippen LogP contribution in [-0.2, 0) is 11.3 Å². The van der Waals surface area contributed by atoms with Crippen molar-refractivity contribution < 1.29 is 19.0 Å². The van der Waals surface area contributed by atoms with Crippen LogP contribution in [0.3, 0.4) is 0 Å². The smallest absolute Gasteiger partial charge is 0.235 e. The number of nitrogens with zero attached hydrogens (tertiary/aromatic N) is 3. The van der Waals surface area contributed by atoms with Crippen molar-refractivity contribution in [3.05, 3.63) is 17.7 Å². The molecule has 0 unspecified atom stereocenters. The molecule has 0 radical (unpaired) electrons. The Morgan fingerprint density at radius 3 is 2.27 bits per heavy atom. The molecule has 8 nitrogen and oxygen atoms in total. The van der Waals surface area contributed by atoms with Gasteiger partial charge >= 0.3 is 0 Å². The number of amides is 1. The van der Waals surface area contributed by atoms with E-state index in [1.165, 1.54) is 0 Å². The van der Waals surface area contributed by atoms with Crippen LogP contribution in [0.5, 0.6) is 17.2 Å². The SMILES string of the molecule is COc1ccc(CN2CCN(CC(=O)N[C@@](C)(C#N)C3CC3)CC2)c(OC)c1OC. The van der Waals surface area contributed by atoms with Crippen molar-refractivity contribution in [2.24, 2.45) is 5.92 Å². The van der Waals surface area contributed by atoms with Gasteiger partial charge in [-0.2, -0.15) is 5.26 Å². The number of hydrogen-bond donors (Lipinski definition) is 1. The summed E-state index contributed by atoms with van der Waals surface area (Å²) in [5.74, 6) is 2.16. The van der Waals surface area contributed by atoms with E-state index in [0.717, 1.165) is 51.1 Å². The lowest BCUT2D eigenvalue weighted by Gasteiger charge is -2.35. The molecule has 1 heterocycles. The molecule has 1 atom stereocenters. The highest BCUT2D eigenvalue weighted by atomic mass is 16.5. The first kappa shape index (κ1) is 22.2. The van der Waals surface area contributed by atoms with Crippen LogP contribution in [0.4, 0.5) is 0 Å². The molecule has 1 saturated carbocycles. The van der Waals surface area contributed by atoms with E-state index in [0.29, 0.717) is 29.7 Å². The third-order valence-corrected chi connectivity index (χ3v) is 6.04. The highest BCUT2D eigenvalue weighted by molar-refractivity contribution is 5.79. The Kier molecular flexibility index (Phi) is 7.06. The Morgan fingerprint density at radius 1 is 1.10 bits per heavy atom. The monoisotopic (exact) mass is 416 g/mol. The minimum absolute atomic E-state index is 0.0686. The molecular formula is C22H32N4O4. The van der Waals surface area contributed by atoms with Crippen LogP contribution in [-0.4, -0.2) is 75.3 Å². The topological polar surface area (TPSA) is 87.1 Å². The highest BCUT2D eigenvalue weighted by Gasteiger charge is 2.43. The van der Waals surface area contributed by atoms with Crippen LogP contribution in [0.2, 0.25) is 0 Å². The number of nitriles is 1. The van der Waals surface area contributed by atoms with Gasteiger partial charge in [0.05, 0.1) is 33.9 Å². The van der Waals surface area contributed by atoms with Gasteiger partial charge in [-0.05, 0) is 31.7 Å². The first-order valence-corrected chi connectivity index (χ1v) is 10.4. The molecule has 164 valence electrons. The van der Waals surface area contributed by atoms with Gasteiger partial charge in [-0.15, -0.1) is 0 Å². The summed E-state index contributed by atoms with van der Waals surface area (Å²) in [5, 5.41) is 12.4. The first-order valence-electron chi connectivity index (χ1n) is 10.4. The largest absolute Gasteiger partial charge is 0.493 e. The van der Waals surface area contributed by atoms with Crippen LogP contribution in [0.1, 0.15) is 25.3 Å². The lowest BCUT2D eigenvalue weighted by molar-refractivity contribution is -0.124. The molecule has 0 aromatic heterocycles. The van der Waals surface area contributed by atoms with Crippen LogP contribution in [0.15, 0.2) is 12.1 Å². The van der Waals surface area contributed by atoms with E-state index < -0.39 is 5.54 Å². The van der Waals surface area contributed by atoms with Gasteiger partial charge < -0.3 is 19.5 Å². The molecule has 1 aliphatic heterocycles. The first-order chi connectivity index (χ1) is 14.4. The van der Waals surface area contributed by atoms with Crippen molar-refractivity contribution in [1.29, 1.82) is 5.26 Å². The molecule has 0 spiro atoms. The van der Waals surface area contributed by atoms with Gasteiger partial charge in [0.15, 0.2) is 11.5 Å². The van der Waals surface area contributed by atoms with E-state index in [1.54, 1.807) is 21.3 Å². The fourth-order valence-electron chi connectivity index (χ4n) is 4.05. The second-order valence-corrected chi connectivity index (χ2v) is 8.18. The number of nitrogens with one attached hydrogen (secondary N) is 1. The molecule has 0 bridgehead atoms. The molecule has 1 aromatic rings. The van der Waals surface area contributed by atoms with Crippen LogP contribution >= 0.6 is 0 Å². The van der Waals surface area contributed by atoms with Crippen molar-refractivity contribution in [3.8, 4) is 23.3 Å². The third-order valence-electron chi connectivity index (χ3n) is 6.04. The molecule has 3 rings (SSSR count). The third kappa shape index (κ3) is 4.97. The Hall–Kier alpha value is -2.50. The van der Waals surface area contributed by atoms with Gasteiger partial charge in [-0.3, -0.25) is 14.6 Å². The van der Waals surface area contributed by atoms with E-state index in [4.69, 9.17) is 14.2 Å². The predicted molar refractivity (Wildman–Crippen MR) is 113 cm³/mol. The molecular weight excluding hydrogens is 384 g/mol. The van der Waals surface area contributed by atoms with E-state index >= 15 is 0 Å². The number of ether oxygens (including phenoxy) is 3. The highest BCUT2D eigenvalue weighted by Crippen LogP contribution is 2.40. The zero-order chi connectivity index (χ0) is 21.7. The summed E-state index contributed by atoms with van der Waals surface area (Å²) in [6, 6.07) is 6.17. The number of benzene rings is 1. The molecule has 1 aliphatic carbocycles. The number of methoxy groups -OCH3 is 3. The van der Waals surface area contributed by atoms with Gasteiger partial charge in [0.2, 0.25) is 11.7 Å². The van der Waals surface area contributed by atoms with Gasteiger partial charge in [0, 0.05) is 38.3 Å². The number of piperazine rings is 1. The second kappa shape index (κ2) is 9.54. The standard InChI is InChI=1S/C22H32N4O4/c1-22(15-23,17-6-7-17)24-19(27)14-26-11-9-25(10-12-26)13-16-5-8-18(28-2)21(30-4)20(16)29-3/h5,8,17H,6-7,9-14H2,1-4H3,(H,24,27)/t22-/m0/s1. The predicted octanol–water partition coefficient (Wildman–Crippen LogP) is 1.64. The zero-order valence-electron chi connectivity index (χ0n) is 18.4.